The Bertz CT molecular complexity index is 438. The van der Waals surface area contributed by atoms with Gasteiger partial charge in [0.1, 0.15) is 0 Å². The predicted molar refractivity (Wildman–Crippen MR) is 74.9 cm³/mol. The van der Waals surface area contributed by atoms with Crippen molar-refractivity contribution in [3.8, 4) is 0 Å². The topological polar surface area (TPSA) is 55.4 Å². The molecule has 4 heteroatoms. The van der Waals surface area contributed by atoms with Crippen LogP contribution in [0.3, 0.4) is 0 Å². The lowest BCUT2D eigenvalue weighted by atomic mass is 10.1. The SMILES string of the molecule is CCC(=Nc1ccccc1)C(=CN)C(=O)CBr. The zero-order chi connectivity index (χ0) is 12.7. The van der Waals surface area contributed by atoms with Gasteiger partial charge in [-0.15, -0.1) is 0 Å². The molecule has 0 amide bonds. The standard InChI is InChI=1S/C13H15BrN2O/c1-2-12(11(9-15)13(17)8-14)16-10-6-4-3-5-7-10/h3-7,9H,2,8,15H2,1H3. The van der Waals surface area contributed by atoms with E-state index in [4.69, 9.17) is 5.73 Å². The molecule has 0 saturated heterocycles. The molecule has 0 aliphatic carbocycles. The third-order valence-electron chi connectivity index (χ3n) is 2.25. The fourth-order valence-electron chi connectivity index (χ4n) is 1.41. The molecule has 0 atom stereocenters. The Morgan fingerprint density at radius 2 is 2.06 bits per heavy atom. The van der Waals surface area contributed by atoms with Crippen LogP contribution in [-0.2, 0) is 4.79 Å². The normalized spacial score (nSPS) is 12.6. The number of hydrogen-bond donors (Lipinski definition) is 1. The quantitative estimate of drug-likeness (QED) is 0.516. The Hall–Kier alpha value is -1.42. The second-order valence-corrected chi connectivity index (χ2v) is 3.95. The summed E-state index contributed by atoms with van der Waals surface area (Å²) in [4.78, 5) is 16.1. The van der Waals surface area contributed by atoms with E-state index in [1.807, 2.05) is 37.3 Å². The van der Waals surface area contributed by atoms with Gasteiger partial charge in [0.2, 0.25) is 0 Å². The predicted octanol–water partition coefficient (Wildman–Crippen LogP) is 2.98. The highest BCUT2D eigenvalue weighted by Gasteiger charge is 2.13. The van der Waals surface area contributed by atoms with Crippen molar-refractivity contribution >= 4 is 33.1 Å². The largest absolute Gasteiger partial charge is 0.404 e. The lowest BCUT2D eigenvalue weighted by Gasteiger charge is -2.06. The molecule has 0 saturated carbocycles. The number of benzene rings is 1. The lowest BCUT2D eigenvalue weighted by molar-refractivity contribution is -0.112. The van der Waals surface area contributed by atoms with E-state index in [9.17, 15) is 4.79 Å². The maximum absolute atomic E-state index is 11.7. The number of ketones is 1. The van der Waals surface area contributed by atoms with Gasteiger partial charge in [0.25, 0.3) is 0 Å². The molecule has 0 aromatic heterocycles. The van der Waals surface area contributed by atoms with Crippen molar-refractivity contribution in [1.82, 2.24) is 0 Å². The number of carbonyl (C=O) groups is 1. The van der Waals surface area contributed by atoms with Crippen LogP contribution in [0.25, 0.3) is 0 Å². The Balaban J connectivity index is 3.07. The van der Waals surface area contributed by atoms with Crippen LogP contribution in [0.2, 0.25) is 0 Å². The second kappa shape index (κ2) is 7.01. The second-order valence-electron chi connectivity index (χ2n) is 3.38. The van der Waals surface area contributed by atoms with Crippen molar-refractivity contribution in [3.63, 3.8) is 0 Å². The van der Waals surface area contributed by atoms with Crippen LogP contribution < -0.4 is 5.73 Å². The molecule has 0 unspecified atom stereocenters. The van der Waals surface area contributed by atoms with Crippen LogP contribution in [-0.4, -0.2) is 16.8 Å². The summed E-state index contributed by atoms with van der Waals surface area (Å²) in [6.45, 7) is 1.95. The number of nitrogens with two attached hydrogens (primary N) is 1. The van der Waals surface area contributed by atoms with Crippen LogP contribution in [0.5, 0.6) is 0 Å². The average Bonchev–Trinajstić information content (AvgIpc) is 2.39. The van der Waals surface area contributed by atoms with E-state index in [0.717, 1.165) is 5.69 Å². The first kappa shape index (κ1) is 13.6. The molecule has 0 spiro atoms. The zero-order valence-corrected chi connectivity index (χ0v) is 11.3. The summed E-state index contributed by atoms with van der Waals surface area (Å²) in [6, 6.07) is 9.52. The summed E-state index contributed by atoms with van der Waals surface area (Å²) >= 11 is 3.14. The minimum absolute atomic E-state index is 0.0518. The number of para-hydroxylation sites is 1. The monoisotopic (exact) mass is 294 g/mol. The van der Waals surface area contributed by atoms with Crippen molar-refractivity contribution in [2.45, 2.75) is 13.3 Å². The molecule has 17 heavy (non-hydrogen) atoms. The minimum Gasteiger partial charge on any atom is -0.404 e. The van der Waals surface area contributed by atoms with E-state index < -0.39 is 0 Å². The summed E-state index contributed by atoms with van der Waals surface area (Å²) in [6.07, 6.45) is 1.99. The molecule has 0 bridgehead atoms. The van der Waals surface area contributed by atoms with Gasteiger partial charge in [-0.1, -0.05) is 41.1 Å². The molecule has 0 fully saturated rings. The van der Waals surface area contributed by atoms with E-state index in [1.165, 1.54) is 6.20 Å². The molecule has 1 aromatic carbocycles. The van der Waals surface area contributed by atoms with Gasteiger partial charge in [-0.3, -0.25) is 9.79 Å². The highest BCUT2D eigenvalue weighted by molar-refractivity contribution is 9.09. The number of carbonyl (C=O) groups excluding carboxylic acids is 1. The summed E-state index contributed by atoms with van der Waals surface area (Å²) < 4.78 is 0. The molecule has 2 N–H and O–H groups in total. The van der Waals surface area contributed by atoms with E-state index >= 15 is 0 Å². The number of nitrogens with zero attached hydrogens (tertiary/aromatic N) is 1. The van der Waals surface area contributed by atoms with E-state index in [1.54, 1.807) is 0 Å². The fraction of sp³-hybridized carbons (Fsp3) is 0.231. The van der Waals surface area contributed by atoms with Gasteiger partial charge in [-0.25, -0.2) is 0 Å². The molecular weight excluding hydrogens is 280 g/mol. The first-order chi connectivity index (χ1) is 8.22. The Morgan fingerprint density at radius 3 is 2.53 bits per heavy atom. The van der Waals surface area contributed by atoms with Gasteiger partial charge in [0.05, 0.1) is 22.3 Å². The average molecular weight is 295 g/mol. The molecule has 0 heterocycles. The van der Waals surface area contributed by atoms with Crippen molar-refractivity contribution < 1.29 is 4.79 Å². The number of allylic oxidation sites excluding steroid dienone is 1. The molecular formula is C13H15BrN2O. The van der Waals surface area contributed by atoms with Crippen molar-refractivity contribution in [3.05, 3.63) is 42.1 Å². The molecule has 0 aliphatic rings. The number of rotatable bonds is 5. The molecule has 90 valence electrons. The summed E-state index contributed by atoms with van der Waals surface area (Å²) in [5.41, 5.74) is 7.51. The van der Waals surface area contributed by atoms with E-state index in [2.05, 4.69) is 20.9 Å². The highest BCUT2D eigenvalue weighted by atomic mass is 79.9. The van der Waals surface area contributed by atoms with Gasteiger partial charge in [-0.2, -0.15) is 0 Å². The minimum atomic E-state index is -0.0518. The fourth-order valence-corrected chi connectivity index (χ4v) is 1.71. The molecule has 0 radical (unpaired) electrons. The van der Waals surface area contributed by atoms with Crippen LogP contribution in [0.4, 0.5) is 5.69 Å². The first-order valence-corrected chi connectivity index (χ1v) is 6.49. The summed E-state index contributed by atoms with van der Waals surface area (Å²) in [5.74, 6) is -0.0518. The number of aliphatic imine (C=N–C) groups is 1. The van der Waals surface area contributed by atoms with Crippen LogP contribution in [0.15, 0.2) is 47.1 Å². The molecule has 0 aliphatic heterocycles. The van der Waals surface area contributed by atoms with Gasteiger partial charge in [-0.05, 0) is 18.6 Å². The highest BCUT2D eigenvalue weighted by Crippen LogP contribution is 2.15. The third kappa shape index (κ3) is 3.82. The molecule has 1 aromatic rings. The van der Waals surface area contributed by atoms with E-state index in [-0.39, 0.29) is 11.1 Å². The summed E-state index contributed by atoms with van der Waals surface area (Å²) in [7, 11) is 0. The maximum Gasteiger partial charge on any atom is 0.176 e. The number of alkyl halides is 1. The molecule has 3 nitrogen and oxygen atoms in total. The van der Waals surface area contributed by atoms with Gasteiger partial charge < -0.3 is 5.73 Å². The van der Waals surface area contributed by atoms with Crippen LogP contribution >= 0.6 is 15.9 Å². The number of hydrogen-bond acceptors (Lipinski definition) is 3. The third-order valence-corrected chi connectivity index (χ3v) is 2.76. The number of halogens is 1. The van der Waals surface area contributed by atoms with Crippen molar-refractivity contribution in [2.24, 2.45) is 10.7 Å². The Morgan fingerprint density at radius 1 is 1.41 bits per heavy atom. The van der Waals surface area contributed by atoms with Crippen molar-refractivity contribution in [1.29, 1.82) is 0 Å². The Kier molecular flexibility index (Phi) is 5.63. The van der Waals surface area contributed by atoms with Gasteiger partial charge in [0, 0.05) is 6.20 Å². The molecule has 1 rings (SSSR count). The van der Waals surface area contributed by atoms with Crippen LogP contribution in [0.1, 0.15) is 13.3 Å². The van der Waals surface area contributed by atoms with Gasteiger partial charge in [0.15, 0.2) is 5.78 Å². The Labute approximate surface area is 110 Å². The first-order valence-electron chi connectivity index (χ1n) is 5.37. The van der Waals surface area contributed by atoms with Crippen molar-refractivity contribution in [2.75, 3.05) is 5.33 Å². The lowest BCUT2D eigenvalue weighted by Crippen LogP contribution is -2.15. The van der Waals surface area contributed by atoms with Gasteiger partial charge >= 0.3 is 0 Å². The van der Waals surface area contributed by atoms with Crippen LogP contribution in [0, 0.1) is 0 Å². The summed E-state index contributed by atoms with van der Waals surface area (Å²) in [5, 5.41) is 0.254. The zero-order valence-electron chi connectivity index (χ0n) is 9.69. The smallest absolute Gasteiger partial charge is 0.176 e. The van der Waals surface area contributed by atoms with E-state index in [0.29, 0.717) is 17.7 Å². The maximum atomic E-state index is 11.7. The number of Topliss-reactive ketones (excluding diaryl/α,β-unsaturated/α-hetero) is 1.